The Labute approximate surface area is 732 Å². The molecule has 0 fully saturated rings. The van der Waals surface area contributed by atoms with Crippen LogP contribution in [0.25, 0.3) is 22.3 Å². The molecule has 0 radical (unpaired) electrons. The minimum absolute atomic E-state index is 0.00396. The largest absolute Gasteiger partial charge is 0.355 e. The zero-order valence-electron chi connectivity index (χ0n) is 78.1. The van der Waals surface area contributed by atoms with Gasteiger partial charge in [-0.3, -0.25) is 0 Å². The van der Waals surface area contributed by atoms with Gasteiger partial charge in [0.05, 0.1) is 5.69 Å². The molecule has 0 unspecified atom stereocenters. The molecule has 0 spiro atoms. The Kier molecular flexibility index (Phi) is 25.4. The Bertz CT molecular complexity index is 5540. The Morgan fingerprint density at radius 2 is 0.587 bits per heavy atom. The highest BCUT2D eigenvalue weighted by Gasteiger charge is 2.40. The first-order valence-electron chi connectivity index (χ1n) is 43.9. The summed E-state index contributed by atoms with van der Waals surface area (Å²) in [6.45, 7) is 63.4. The second-order valence-corrected chi connectivity index (χ2v) is 43.7. The van der Waals surface area contributed by atoms with E-state index in [0.717, 1.165) is 108 Å². The van der Waals surface area contributed by atoms with Crippen LogP contribution >= 0.6 is 11.6 Å². The number of aryl methyl sites for hydroxylation is 2. The predicted molar refractivity (Wildman–Crippen MR) is 521 cm³/mol. The number of fused-ring (bicyclic) bond motifs is 2. The van der Waals surface area contributed by atoms with Crippen molar-refractivity contribution in [2.24, 2.45) is 0 Å². The van der Waals surface area contributed by atoms with E-state index in [1.165, 1.54) is 69.0 Å². The van der Waals surface area contributed by atoms with Crippen LogP contribution in [0.2, 0.25) is 5.02 Å². The lowest BCUT2D eigenvalue weighted by Gasteiger charge is -2.42. The molecule has 0 heterocycles. The molecular formula is C114H135ClF2N4. The molecule has 2 aliphatic rings. The maximum absolute atomic E-state index is 16.2. The van der Waals surface area contributed by atoms with Gasteiger partial charge in [0, 0.05) is 84.2 Å². The van der Waals surface area contributed by atoms with E-state index in [-0.39, 0.29) is 65.8 Å². The third-order valence-electron chi connectivity index (χ3n) is 25.4. The predicted octanol–water partition coefficient (Wildman–Crippen LogP) is 34.6. The van der Waals surface area contributed by atoms with Crippen molar-refractivity contribution in [1.82, 2.24) is 0 Å². The van der Waals surface area contributed by atoms with E-state index in [2.05, 4.69) is 408 Å². The third-order valence-corrected chi connectivity index (χ3v) is 25.6. The molecule has 0 atom stereocenters. The van der Waals surface area contributed by atoms with Gasteiger partial charge < -0.3 is 20.0 Å². The summed E-state index contributed by atoms with van der Waals surface area (Å²) in [5.41, 5.74) is 30.7. The molecule has 4 nitrogen and oxygen atoms in total. The summed E-state index contributed by atoms with van der Waals surface area (Å²) in [6, 6.07) is 90.0. The van der Waals surface area contributed by atoms with Gasteiger partial charge in [0.2, 0.25) is 0 Å². The highest BCUT2D eigenvalue weighted by Crippen LogP contribution is 2.53. The van der Waals surface area contributed by atoms with Gasteiger partial charge in [0.15, 0.2) is 0 Å². The maximum Gasteiger partial charge on any atom is 0.131 e. The van der Waals surface area contributed by atoms with Crippen molar-refractivity contribution >= 4 is 74.2 Å². The molecule has 632 valence electrons. The van der Waals surface area contributed by atoms with Gasteiger partial charge >= 0.3 is 0 Å². The van der Waals surface area contributed by atoms with Crippen LogP contribution in [-0.2, 0) is 54.1 Å². The first-order valence-corrected chi connectivity index (χ1v) is 44.2. The fraction of sp³-hybridized carbons (Fsp3) is 0.368. The Morgan fingerprint density at radius 3 is 0.975 bits per heavy atom. The van der Waals surface area contributed by atoms with Gasteiger partial charge in [-0.1, -0.05) is 301 Å². The van der Waals surface area contributed by atoms with Crippen molar-refractivity contribution in [3.63, 3.8) is 0 Å². The second-order valence-electron chi connectivity index (χ2n) is 43.3. The van der Waals surface area contributed by atoms with Crippen LogP contribution < -0.4 is 20.0 Å². The lowest BCUT2D eigenvalue weighted by molar-refractivity contribution is 0.332. The van der Waals surface area contributed by atoms with Crippen LogP contribution in [0.1, 0.15) is 272 Å². The zero-order chi connectivity index (χ0) is 88.3. The first kappa shape index (κ1) is 90.2. The van der Waals surface area contributed by atoms with E-state index in [4.69, 9.17) is 11.6 Å². The van der Waals surface area contributed by atoms with Crippen molar-refractivity contribution in [3.05, 3.63) is 338 Å². The number of rotatable bonds is 13. The lowest BCUT2D eigenvalue weighted by atomic mass is 9.63. The van der Waals surface area contributed by atoms with E-state index in [0.29, 0.717) is 11.1 Å². The molecule has 12 aromatic carbocycles. The van der Waals surface area contributed by atoms with Gasteiger partial charge in [-0.2, -0.15) is 0 Å². The minimum atomic E-state index is -0.230. The highest BCUT2D eigenvalue weighted by atomic mass is 35.5. The average molecular weight is 1630 g/mol. The van der Waals surface area contributed by atoms with Crippen molar-refractivity contribution in [3.8, 4) is 22.3 Å². The fourth-order valence-corrected chi connectivity index (χ4v) is 17.5. The molecule has 0 aromatic heterocycles. The molecule has 2 aliphatic carbocycles. The van der Waals surface area contributed by atoms with Gasteiger partial charge in [0.1, 0.15) is 11.6 Å². The third kappa shape index (κ3) is 20.5. The zero-order valence-corrected chi connectivity index (χ0v) is 78.8. The molecule has 0 bridgehead atoms. The van der Waals surface area contributed by atoms with E-state index in [1.807, 2.05) is 36.4 Å². The molecule has 0 saturated heterocycles. The van der Waals surface area contributed by atoms with Crippen LogP contribution in [-0.4, -0.2) is 0 Å². The van der Waals surface area contributed by atoms with Gasteiger partial charge in [-0.05, 0) is 306 Å². The van der Waals surface area contributed by atoms with Crippen molar-refractivity contribution < 1.29 is 8.78 Å². The monoisotopic (exact) mass is 1630 g/mol. The Hall–Kier alpha value is -10.0. The SMILES string of the molecule is CC(C)(C)c1ccc(Nc2ccc3c(c2)C(C)(C)CCC3(C)C)c(-c2ccccc2F)c1.Cc1cc(Cl)cc(N(c2ccc(C(C)(C)C)cc2)c2ccc(C(C)(C)C)cc2)c1.Cc1cc(N(c2ccc(C(C)(C)C)cc2)c2ccc(C(C)(C)C)cc2)cc(N(c2ccc3c(c2)C(C)(C)CCC3(C)C)c2ccc(C(C)(C)C)cc2-c2ccccc2F)c1. The summed E-state index contributed by atoms with van der Waals surface area (Å²) in [5, 5.41) is 4.38. The number of nitrogens with one attached hydrogen (secondary N) is 1. The Morgan fingerprint density at radius 1 is 0.273 bits per heavy atom. The van der Waals surface area contributed by atoms with E-state index in [1.54, 1.807) is 18.2 Å². The lowest BCUT2D eigenvalue weighted by Crippen LogP contribution is -2.34. The second kappa shape index (κ2) is 34.0. The Balaban J connectivity index is 0.000000184. The first-order chi connectivity index (χ1) is 56.3. The summed E-state index contributed by atoms with van der Waals surface area (Å²) in [6.07, 6.45) is 4.64. The summed E-state index contributed by atoms with van der Waals surface area (Å²) in [5.74, 6) is -0.429. The number of benzene rings is 12. The number of halogens is 3. The van der Waals surface area contributed by atoms with E-state index < -0.39 is 0 Å². The van der Waals surface area contributed by atoms with Crippen LogP contribution in [0.15, 0.2) is 255 Å². The van der Waals surface area contributed by atoms with Crippen LogP contribution in [0.4, 0.5) is 71.3 Å². The molecule has 1 N–H and O–H groups in total. The quantitative estimate of drug-likeness (QED) is 0.124. The van der Waals surface area contributed by atoms with E-state index >= 15 is 4.39 Å². The summed E-state index contributed by atoms with van der Waals surface area (Å²) < 4.78 is 31.0. The average Bonchev–Trinajstić information content (AvgIpc) is 0.743. The maximum atomic E-state index is 16.2. The fourth-order valence-electron chi connectivity index (χ4n) is 17.3. The number of hydrogen-bond acceptors (Lipinski definition) is 4. The molecule has 0 aliphatic heterocycles. The highest BCUT2D eigenvalue weighted by molar-refractivity contribution is 6.31. The topological polar surface area (TPSA) is 21.8 Å². The van der Waals surface area contributed by atoms with E-state index in [9.17, 15) is 4.39 Å². The molecule has 0 saturated carbocycles. The van der Waals surface area contributed by atoms with Gasteiger partial charge in [-0.25, -0.2) is 8.78 Å². The summed E-state index contributed by atoms with van der Waals surface area (Å²) >= 11 is 6.41. The molecule has 14 rings (SSSR count). The van der Waals surface area contributed by atoms with Crippen LogP contribution in [0.3, 0.4) is 0 Å². The molecule has 7 heteroatoms. The molecule has 12 aromatic rings. The number of nitrogens with zero attached hydrogens (tertiary/aromatic N) is 3. The normalized spacial score (nSPS) is 14.9. The van der Waals surface area contributed by atoms with Gasteiger partial charge in [-0.15, -0.1) is 0 Å². The van der Waals surface area contributed by atoms with Crippen molar-refractivity contribution in [1.29, 1.82) is 0 Å². The minimum Gasteiger partial charge on any atom is -0.355 e. The standard InChI is InChI=1S/C57H67FN2.C30H36FN.C27H32ClN/c1-38-33-45(59(42-24-19-39(20-25-42)53(2,3)4)43-26-21-40(22-27-43)54(5,6)7)36-46(34-38)60(44-28-29-49-50(37-44)57(13,14)32-31-56(49,11)12)52-30-23-41(55(8,9)10)35-48(52)47-17-15-16-18-51(47)58;1-28(2,3)20-12-15-27(23(18-20)22-10-8-9-11-26(22)31)32-21-13-14-24-25(19-21)30(6,7)17-16-29(24,4)5;1-19-16-22(28)18-25(17-19)29(23-12-8-20(9-13-23)26(2,3)4)24-14-10-21(11-15-24)27(5,6)7/h15-30,33-37H,31-32H2,1-14H3;8-15,18-19,32H,16-17H2,1-7H3;8-18H,1-7H3. The molecule has 121 heavy (non-hydrogen) atoms. The van der Waals surface area contributed by atoms with Crippen LogP contribution in [0.5, 0.6) is 0 Å². The van der Waals surface area contributed by atoms with Crippen molar-refractivity contribution in [2.45, 2.75) is 274 Å². The smallest absolute Gasteiger partial charge is 0.131 e. The van der Waals surface area contributed by atoms with Gasteiger partial charge in [0.25, 0.3) is 0 Å². The van der Waals surface area contributed by atoms with Crippen molar-refractivity contribution in [2.75, 3.05) is 20.0 Å². The molecular weight excluding hydrogens is 1500 g/mol. The van der Waals surface area contributed by atoms with Crippen LogP contribution in [0, 0.1) is 25.5 Å². The number of anilines is 11. The number of hydrogen-bond donors (Lipinski definition) is 1. The summed E-state index contributed by atoms with van der Waals surface area (Å²) in [7, 11) is 0. The summed E-state index contributed by atoms with van der Waals surface area (Å²) in [4.78, 5) is 7.04. The molecule has 0 amide bonds.